The first-order chi connectivity index (χ1) is 16.9. The number of anilines is 1. The summed E-state index contributed by atoms with van der Waals surface area (Å²) < 4.78 is 33.1. The zero-order valence-electron chi connectivity index (χ0n) is 19.8. The maximum absolute atomic E-state index is 12.9. The Kier molecular flexibility index (Phi) is 6.48. The Hall–Kier alpha value is -3.37. The lowest BCUT2D eigenvalue weighted by atomic mass is 10.0. The van der Waals surface area contributed by atoms with Crippen LogP contribution in [0.4, 0.5) is 5.82 Å². The van der Waals surface area contributed by atoms with Gasteiger partial charge in [0.25, 0.3) is 0 Å². The molecule has 2 aliphatic heterocycles. The molecule has 0 atom stereocenters. The van der Waals surface area contributed by atoms with Gasteiger partial charge in [-0.25, -0.2) is 18.4 Å². The highest BCUT2D eigenvalue weighted by Crippen LogP contribution is 2.27. The van der Waals surface area contributed by atoms with Crippen molar-refractivity contribution in [1.82, 2.24) is 19.3 Å². The van der Waals surface area contributed by atoms with E-state index in [1.807, 2.05) is 38.2 Å². The van der Waals surface area contributed by atoms with Gasteiger partial charge in [-0.05, 0) is 43.7 Å². The molecule has 0 aromatic carbocycles. The van der Waals surface area contributed by atoms with Crippen molar-refractivity contribution in [2.75, 3.05) is 31.1 Å². The smallest absolute Gasteiger partial charge is 0.218 e. The number of nitrogens with zero attached hydrogens (tertiary/aromatic N) is 6. The molecule has 1 fully saturated rings. The number of ether oxygens (including phenoxy) is 1. The molecule has 35 heavy (non-hydrogen) atoms. The summed E-state index contributed by atoms with van der Waals surface area (Å²) >= 11 is 0. The largest absolute Gasteiger partial charge is 0.475 e. The number of piperazine rings is 1. The monoisotopic (exact) mass is 492 g/mol. The van der Waals surface area contributed by atoms with Crippen molar-refractivity contribution in [3.05, 3.63) is 77.4 Å². The molecule has 5 rings (SSSR count). The lowest BCUT2D eigenvalue weighted by Gasteiger charge is -2.34. The van der Waals surface area contributed by atoms with E-state index in [2.05, 4.69) is 19.9 Å². The third kappa shape index (κ3) is 5.18. The Morgan fingerprint density at radius 2 is 1.77 bits per heavy atom. The highest BCUT2D eigenvalue weighted by molar-refractivity contribution is 7.88. The van der Waals surface area contributed by atoms with Crippen molar-refractivity contribution in [3.63, 3.8) is 0 Å². The Labute approximate surface area is 205 Å². The van der Waals surface area contributed by atoms with Gasteiger partial charge in [-0.3, -0.25) is 9.98 Å². The first-order valence-corrected chi connectivity index (χ1v) is 13.3. The van der Waals surface area contributed by atoms with Crippen molar-refractivity contribution < 1.29 is 13.2 Å². The molecule has 5 heterocycles. The summed E-state index contributed by atoms with van der Waals surface area (Å²) in [6, 6.07) is 9.41. The molecule has 1 saturated heterocycles. The van der Waals surface area contributed by atoms with E-state index >= 15 is 0 Å². The van der Waals surface area contributed by atoms with Gasteiger partial charge in [0, 0.05) is 73.7 Å². The molecule has 0 bridgehead atoms. The minimum absolute atomic E-state index is 0.0140. The molecule has 0 N–H and O–H groups in total. The SMILES string of the molecule is CC(C)Oc1cc2c(cn1)CN=C2c1ccnc(N2CCN(S(=O)(=O)Cc3ccncc3)CC2)c1. The van der Waals surface area contributed by atoms with E-state index in [9.17, 15) is 8.42 Å². The number of aliphatic imine (C=N–C) groups is 1. The number of rotatable bonds is 7. The Balaban J connectivity index is 1.28. The van der Waals surface area contributed by atoms with Gasteiger partial charge in [0.1, 0.15) is 5.82 Å². The second-order valence-electron chi connectivity index (χ2n) is 8.91. The molecule has 3 aromatic heterocycles. The van der Waals surface area contributed by atoms with Gasteiger partial charge >= 0.3 is 0 Å². The lowest BCUT2D eigenvalue weighted by molar-refractivity contribution is 0.232. The number of aromatic nitrogens is 3. The van der Waals surface area contributed by atoms with Crippen LogP contribution in [0.3, 0.4) is 0 Å². The fourth-order valence-electron chi connectivity index (χ4n) is 4.33. The van der Waals surface area contributed by atoms with Crippen LogP contribution in [0.2, 0.25) is 0 Å². The average molecular weight is 493 g/mol. The predicted octanol–water partition coefficient (Wildman–Crippen LogP) is 2.66. The van der Waals surface area contributed by atoms with E-state index in [1.165, 1.54) is 0 Å². The van der Waals surface area contributed by atoms with Crippen LogP contribution in [-0.4, -0.2) is 65.7 Å². The fourth-order valence-corrected chi connectivity index (χ4v) is 5.84. The highest BCUT2D eigenvalue weighted by atomic mass is 32.2. The van der Waals surface area contributed by atoms with E-state index in [-0.39, 0.29) is 11.9 Å². The van der Waals surface area contributed by atoms with Crippen molar-refractivity contribution in [3.8, 4) is 5.88 Å². The second-order valence-corrected chi connectivity index (χ2v) is 10.9. The zero-order chi connectivity index (χ0) is 24.4. The number of pyridine rings is 3. The molecule has 0 aliphatic carbocycles. The summed E-state index contributed by atoms with van der Waals surface area (Å²) in [5, 5.41) is 0. The summed E-state index contributed by atoms with van der Waals surface area (Å²) in [5.74, 6) is 1.39. The van der Waals surface area contributed by atoms with E-state index in [0.717, 1.165) is 33.8 Å². The number of hydrogen-bond acceptors (Lipinski definition) is 8. The topological polar surface area (TPSA) is 101 Å². The third-order valence-corrected chi connectivity index (χ3v) is 7.90. The van der Waals surface area contributed by atoms with E-state index in [4.69, 9.17) is 9.73 Å². The molecular formula is C25H28N6O3S. The van der Waals surface area contributed by atoms with Crippen LogP contribution in [0.1, 0.15) is 36.1 Å². The van der Waals surface area contributed by atoms with Gasteiger partial charge < -0.3 is 9.64 Å². The molecule has 9 nitrogen and oxygen atoms in total. The van der Waals surface area contributed by atoms with E-state index in [0.29, 0.717) is 38.6 Å². The maximum atomic E-state index is 12.9. The molecule has 2 aliphatic rings. The summed E-state index contributed by atoms with van der Waals surface area (Å²) in [5.41, 5.74) is 4.72. The molecule has 0 radical (unpaired) electrons. The minimum Gasteiger partial charge on any atom is -0.475 e. The van der Waals surface area contributed by atoms with E-state index < -0.39 is 10.0 Å². The molecule has 0 amide bonds. The molecule has 0 spiro atoms. The standard InChI is InChI=1S/C25H28N6O3S/c1-18(2)34-24-14-22-21(15-28-24)16-29-25(22)20-5-8-27-23(13-20)30-9-11-31(12-10-30)35(32,33)17-19-3-6-26-7-4-19/h3-8,13-15,18H,9-12,16-17H2,1-2H3. The summed E-state index contributed by atoms with van der Waals surface area (Å²) in [6.07, 6.45) is 6.88. The number of fused-ring (bicyclic) bond motifs is 1. The quantitative estimate of drug-likeness (QED) is 0.500. The molecular weight excluding hydrogens is 464 g/mol. The van der Waals surface area contributed by atoms with Crippen LogP contribution in [0.5, 0.6) is 5.88 Å². The fraction of sp³-hybridized carbons (Fsp3) is 0.360. The van der Waals surface area contributed by atoms with Crippen LogP contribution < -0.4 is 9.64 Å². The van der Waals surface area contributed by atoms with Crippen molar-refractivity contribution in [2.24, 2.45) is 4.99 Å². The predicted molar refractivity (Wildman–Crippen MR) is 134 cm³/mol. The Bertz CT molecular complexity index is 1340. The summed E-state index contributed by atoms with van der Waals surface area (Å²) in [7, 11) is -3.39. The van der Waals surface area contributed by atoms with Gasteiger partial charge in [0.2, 0.25) is 15.9 Å². The number of hydrogen-bond donors (Lipinski definition) is 0. The van der Waals surface area contributed by atoms with Crippen LogP contribution in [0, 0.1) is 0 Å². The van der Waals surface area contributed by atoms with Gasteiger partial charge in [-0.1, -0.05) is 0 Å². The minimum atomic E-state index is -3.39. The first kappa shape index (κ1) is 23.4. The molecule has 0 unspecified atom stereocenters. The molecule has 10 heteroatoms. The average Bonchev–Trinajstić information content (AvgIpc) is 3.27. The normalized spacial score (nSPS) is 16.3. The zero-order valence-corrected chi connectivity index (χ0v) is 20.6. The van der Waals surface area contributed by atoms with Crippen LogP contribution in [-0.2, 0) is 22.3 Å². The molecule has 3 aromatic rings. The summed E-state index contributed by atoms with van der Waals surface area (Å²) in [4.78, 5) is 19.8. The second kappa shape index (κ2) is 9.71. The van der Waals surface area contributed by atoms with Gasteiger partial charge in [0.15, 0.2) is 0 Å². The molecule has 0 saturated carbocycles. The van der Waals surface area contributed by atoms with Gasteiger partial charge in [-0.15, -0.1) is 0 Å². The van der Waals surface area contributed by atoms with Gasteiger partial charge in [-0.2, -0.15) is 4.31 Å². The molecule has 182 valence electrons. The van der Waals surface area contributed by atoms with Crippen molar-refractivity contribution >= 4 is 21.6 Å². The first-order valence-electron chi connectivity index (χ1n) is 11.7. The Morgan fingerprint density at radius 1 is 1.00 bits per heavy atom. The van der Waals surface area contributed by atoms with Crippen LogP contribution >= 0.6 is 0 Å². The Morgan fingerprint density at radius 3 is 2.51 bits per heavy atom. The third-order valence-electron chi connectivity index (χ3n) is 6.05. The van der Waals surface area contributed by atoms with Crippen LogP contribution in [0.15, 0.2) is 60.1 Å². The highest BCUT2D eigenvalue weighted by Gasteiger charge is 2.28. The van der Waals surface area contributed by atoms with E-state index in [1.54, 1.807) is 35.0 Å². The van der Waals surface area contributed by atoms with Crippen molar-refractivity contribution in [2.45, 2.75) is 32.2 Å². The van der Waals surface area contributed by atoms with Crippen molar-refractivity contribution in [1.29, 1.82) is 0 Å². The maximum Gasteiger partial charge on any atom is 0.218 e. The summed E-state index contributed by atoms with van der Waals surface area (Å²) in [6.45, 7) is 6.53. The lowest BCUT2D eigenvalue weighted by Crippen LogP contribution is -2.49. The van der Waals surface area contributed by atoms with Crippen LogP contribution in [0.25, 0.3) is 0 Å². The number of sulfonamides is 1. The van der Waals surface area contributed by atoms with Gasteiger partial charge in [0.05, 0.1) is 24.1 Å².